The van der Waals surface area contributed by atoms with Crippen molar-refractivity contribution in [1.82, 2.24) is 9.97 Å². The van der Waals surface area contributed by atoms with Crippen LogP contribution in [0.25, 0.3) is 75.0 Å². The lowest BCUT2D eigenvalue weighted by Crippen LogP contribution is -2.18. The van der Waals surface area contributed by atoms with Gasteiger partial charge in [-0.05, 0) is 188 Å². The van der Waals surface area contributed by atoms with Crippen molar-refractivity contribution >= 4 is 77.2 Å². The predicted molar refractivity (Wildman–Crippen MR) is 326 cm³/mol. The molecule has 77 heavy (non-hydrogen) atoms. The summed E-state index contributed by atoms with van der Waals surface area (Å²) in [7, 11) is 0. The van der Waals surface area contributed by atoms with Gasteiger partial charge in [-0.25, -0.2) is 9.97 Å². The van der Waals surface area contributed by atoms with Gasteiger partial charge in [0.25, 0.3) is 0 Å². The molecule has 10 aromatic carbocycles. The van der Waals surface area contributed by atoms with E-state index < -0.39 is 0 Å². The predicted octanol–water partition coefficient (Wildman–Crippen LogP) is 20.1. The fraction of sp³-hybridized carbons (Fsp3) is 0.127. The first-order chi connectivity index (χ1) is 37.4. The number of thiazole rings is 2. The molecule has 0 spiro atoms. The summed E-state index contributed by atoms with van der Waals surface area (Å²) < 4.78 is 2.40. The summed E-state index contributed by atoms with van der Waals surface area (Å²) in [6.07, 6.45) is 0. The topological polar surface area (TPSA) is 32.3 Å². The van der Waals surface area contributed by atoms with Crippen molar-refractivity contribution < 1.29 is 0 Å². The summed E-state index contributed by atoms with van der Waals surface area (Å²) in [6, 6.07) is 81.2. The van der Waals surface area contributed by atoms with Crippen molar-refractivity contribution in [3.05, 3.63) is 252 Å². The molecule has 3 aliphatic carbocycles. The van der Waals surface area contributed by atoms with Gasteiger partial charge in [-0.3, -0.25) is 0 Å². The van der Waals surface area contributed by atoms with Crippen LogP contribution >= 0.6 is 22.7 Å². The Balaban J connectivity index is 0.837. The normalized spacial score (nSPS) is 14.7. The lowest BCUT2D eigenvalue weighted by Gasteiger charge is -2.30. The number of para-hydroxylation sites is 2. The first-order valence-electron chi connectivity index (χ1n) is 26.7. The molecule has 0 radical (unpaired) electrons. The quantitative estimate of drug-likeness (QED) is 0.152. The molecule has 0 saturated heterocycles. The molecule has 0 amide bonds. The van der Waals surface area contributed by atoms with Gasteiger partial charge in [0.05, 0.1) is 20.4 Å². The second-order valence-electron chi connectivity index (χ2n) is 22.6. The molecule has 0 saturated carbocycles. The lowest BCUT2D eigenvalue weighted by atomic mass is 9.81. The van der Waals surface area contributed by atoms with Crippen molar-refractivity contribution in [1.29, 1.82) is 0 Å². The van der Waals surface area contributed by atoms with Crippen molar-refractivity contribution in [3.63, 3.8) is 0 Å². The summed E-state index contributed by atoms with van der Waals surface area (Å²) in [5, 5.41) is 2.06. The zero-order valence-corrected chi connectivity index (χ0v) is 45.5. The molecule has 0 atom stereocenters. The number of fused-ring (bicyclic) bond motifs is 11. The van der Waals surface area contributed by atoms with E-state index in [0.717, 1.165) is 66.3 Å². The molecule has 0 N–H and O–H groups in total. The fourth-order valence-electron chi connectivity index (χ4n) is 13.0. The Labute approximate surface area is 458 Å². The van der Waals surface area contributed by atoms with Crippen LogP contribution in [0.4, 0.5) is 34.1 Å². The monoisotopic (exact) mass is 1030 g/mol. The van der Waals surface area contributed by atoms with Gasteiger partial charge in [0.1, 0.15) is 10.0 Å². The van der Waals surface area contributed by atoms with Crippen molar-refractivity contribution in [3.8, 4) is 54.5 Å². The van der Waals surface area contributed by atoms with Crippen LogP contribution in [0.2, 0.25) is 0 Å². The van der Waals surface area contributed by atoms with E-state index in [1.165, 1.54) is 76.2 Å². The minimum absolute atomic E-state index is 0.142. The highest BCUT2D eigenvalue weighted by Gasteiger charge is 2.40. The number of aromatic nitrogens is 2. The van der Waals surface area contributed by atoms with Crippen LogP contribution in [0.1, 0.15) is 74.9 Å². The first-order valence-corrected chi connectivity index (χ1v) is 28.3. The minimum Gasteiger partial charge on any atom is -0.310 e. The fourth-order valence-corrected chi connectivity index (χ4v) is 15.0. The van der Waals surface area contributed by atoms with Gasteiger partial charge >= 0.3 is 0 Å². The molecule has 3 aliphatic rings. The van der Waals surface area contributed by atoms with E-state index in [0.29, 0.717) is 0 Å². The zero-order chi connectivity index (χ0) is 52.0. The Hall–Kier alpha value is -8.42. The van der Waals surface area contributed by atoms with E-state index in [9.17, 15) is 0 Å². The number of anilines is 6. The van der Waals surface area contributed by atoms with Gasteiger partial charge in [0, 0.05) is 61.5 Å². The molecular formula is C71H54N4S2. The lowest BCUT2D eigenvalue weighted by molar-refractivity contribution is 0.660. The third kappa shape index (κ3) is 7.01. The summed E-state index contributed by atoms with van der Waals surface area (Å²) in [5.74, 6) is 0. The van der Waals surface area contributed by atoms with Crippen molar-refractivity contribution in [2.75, 3.05) is 9.80 Å². The second kappa shape index (κ2) is 16.8. The molecule has 0 unspecified atom stereocenters. The average molecular weight is 1030 g/mol. The number of rotatable bonds is 8. The van der Waals surface area contributed by atoms with E-state index in [4.69, 9.17) is 9.97 Å². The smallest absolute Gasteiger partial charge is 0.124 e. The average Bonchev–Trinajstić information content (AvgIpc) is 4.43. The Morgan fingerprint density at radius 2 is 0.571 bits per heavy atom. The van der Waals surface area contributed by atoms with Crippen LogP contribution in [-0.4, -0.2) is 9.97 Å². The maximum atomic E-state index is 5.02. The third-order valence-corrected chi connectivity index (χ3v) is 19.3. The van der Waals surface area contributed by atoms with Gasteiger partial charge in [-0.1, -0.05) is 139 Å². The Morgan fingerprint density at radius 3 is 0.922 bits per heavy atom. The number of benzene rings is 10. The molecule has 15 rings (SSSR count). The maximum Gasteiger partial charge on any atom is 0.124 e. The highest BCUT2D eigenvalue weighted by atomic mass is 32.1. The number of hydrogen-bond acceptors (Lipinski definition) is 6. The molecular weight excluding hydrogens is 973 g/mol. The Morgan fingerprint density at radius 1 is 0.286 bits per heavy atom. The zero-order valence-electron chi connectivity index (χ0n) is 43.9. The van der Waals surface area contributed by atoms with Crippen LogP contribution in [0, 0.1) is 0 Å². The Kier molecular flexibility index (Phi) is 10.0. The van der Waals surface area contributed by atoms with Gasteiger partial charge in [0.15, 0.2) is 0 Å². The highest BCUT2D eigenvalue weighted by Crippen LogP contribution is 2.56. The van der Waals surface area contributed by atoms with Gasteiger partial charge in [-0.2, -0.15) is 0 Å². The molecule has 2 heterocycles. The van der Waals surface area contributed by atoms with Gasteiger partial charge < -0.3 is 9.80 Å². The highest BCUT2D eigenvalue weighted by molar-refractivity contribution is 7.22. The Bertz CT molecular complexity index is 4040. The summed E-state index contributed by atoms with van der Waals surface area (Å²) >= 11 is 3.49. The second-order valence-corrected chi connectivity index (χ2v) is 24.7. The molecule has 4 nitrogen and oxygen atoms in total. The number of hydrogen-bond donors (Lipinski definition) is 0. The minimum atomic E-state index is -0.315. The third-order valence-electron chi connectivity index (χ3n) is 17.1. The molecule has 2 aromatic heterocycles. The van der Waals surface area contributed by atoms with E-state index in [1.54, 1.807) is 22.7 Å². The van der Waals surface area contributed by atoms with Crippen LogP contribution in [0.15, 0.2) is 218 Å². The molecule has 12 aromatic rings. The largest absolute Gasteiger partial charge is 0.310 e. The van der Waals surface area contributed by atoms with E-state index in [2.05, 4.69) is 270 Å². The molecule has 0 aliphatic heterocycles. The van der Waals surface area contributed by atoms with Crippen LogP contribution in [0.3, 0.4) is 0 Å². The van der Waals surface area contributed by atoms with E-state index in [-0.39, 0.29) is 16.2 Å². The molecule has 0 fully saturated rings. The molecule has 6 heteroatoms. The molecule has 0 bridgehead atoms. The number of nitrogens with zero attached hydrogens (tertiary/aromatic N) is 4. The summed E-state index contributed by atoms with van der Waals surface area (Å²) in [4.78, 5) is 15.0. The van der Waals surface area contributed by atoms with E-state index in [1.807, 2.05) is 0 Å². The standard InChI is InChI=1S/C71H54N4S2/c1-69(2)57-17-9-7-15-51(57)53-35-31-47(39-59(53)69)74(45-27-23-43(24-28-45)67-72-63-19-11-13-21-65(63)76-67)49-33-37-55-56-38-34-50(42-62(56)71(5,6)61(55)41-49)75(46-29-25-44(26-30-46)68-73-64-20-12-14-22-66(64)77-68)48-32-36-54-52-16-8-10-18-58(52)70(3,4)60(54)40-48/h7-42H,1-6H3. The molecule has 370 valence electrons. The van der Waals surface area contributed by atoms with Crippen molar-refractivity contribution in [2.45, 2.75) is 57.8 Å². The maximum absolute atomic E-state index is 5.02. The summed E-state index contributed by atoms with van der Waals surface area (Å²) in [6.45, 7) is 14.3. The van der Waals surface area contributed by atoms with Crippen LogP contribution in [-0.2, 0) is 16.2 Å². The van der Waals surface area contributed by atoms with E-state index >= 15 is 0 Å². The van der Waals surface area contributed by atoms with Crippen LogP contribution < -0.4 is 9.80 Å². The van der Waals surface area contributed by atoms with Crippen molar-refractivity contribution in [2.24, 2.45) is 0 Å². The van der Waals surface area contributed by atoms with Crippen LogP contribution in [0.5, 0.6) is 0 Å². The summed E-state index contributed by atoms with van der Waals surface area (Å²) in [5.41, 5.74) is 26.4. The SMILES string of the molecule is CC1(C)c2ccccc2-c2ccc(N(c3ccc(-c4nc5ccccc5s4)cc3)c3ccc4c(c3)C(C)(C)c3cc(N(c5ccc(-c6nc7ccccc7s6)cc5)c5ccc6c(c5)C(C)(C)c5ccccc5-6)ccc3-4)cc21. The van der Waals surface area contributed by atoms with Gasteiger partial charge in [-0.15, -0.1) is 22.7 Å². The van der Waals surface area contributed by atoms with Gasteiger partial charge in [0.2, 0.25) is 0 Å². The first kappa shape index (κ1) is 45.9.